The zero-order valence-electron chi connectivity index (χ0n) is 19.9. The molecule has 0 fully saturated rings. The van der Waals surface area contributed by atoms with E-state index in [0.717, 1.165) is 15.4 Å². The van der Waals surface area contributed by atoms with Gasteiger partial charge in [0.05, 0.1) is 36.2 Å². The second-order valence-corrected chi connectivity index (χ2v) is 10.2. The Labute approximate surface area is 211 Å². The van der Waals surface area contributed by atoms with E-state index in [4.69, 9.17) is 21.1 Å². The molecular formula is C26H29ClN2O5S. The fourth-order valence-corrected chi connectivity index (χ4v) is 5.34. The van der Waals surface area contributed by atoms with Crippen LogP contribution in [0.4, 0.5) is 0 Å². The van der Waals surface area contributed by atoms with E-state index in [9.17, 15) is 13.2 Å². The van der Waals surface area contributed by atoms with Gasteiger partial charge < -0.3 is 14.8 Å². The number of carbonyl (C=O) groups is 1. The molecule has 186 valence electrons. The molecule has 7 nitrogen and oxygen atoms in total. The molecule has 0 radical (unpaired) electrons. The van der Waals surface area contributed by atoms with Gasteiger partial charge in [-0.3, -0.25) is 4.79 Å². The third-order valence-corrected chi connectivity index (χ3v) is 7.43. The maximum atomic E-state index is 13.6. The molecule has 0 unspecified atom stereocenters. The summed E-state index contributed by atoms with van der Waals surface area (Å²) >= 11 is 6.25. The van der Waals surface area contributed by atoms with Crippen molar-refractivity contribution in [2.75, 3.05) is 20.3 Å². The first-order valence-electron chi connectivity index (χ1n) is 11.1. The Bertz CT molecular complexity index is 1250. The van der Waals surface area contributed by atoms with Gasteiger partial charge in [-0.05, 0) is 43.7 Å². The van der Waals surface area contributed by atoms with Crippen molar-refractivity contribution in [3.05, 3.63) is 88.9 Å². The van der Waals surface area contributed by atoms with E-state index in [0.29, 0.717) is 18.1 Å². The van der Waals surface area contributed by atoms with Gasteiger partial charge in [-0.25, -0.2) is 8.42 Å². The number of nitrogens with one attached hydrogen (secondary N) is 1. The fraction of sp³-hybridized carbons (Fsp3) is 0.269. The molecule has 0 aromatic heterocycles. The minimum atomic E-state index is -4.05. The predicted molar refractivity (Wildman–Crippen MR) is 136 cm³/mol. The maximum absolute atomic E-state index is 13.6. The minimum absolute atomic E-state index is 0.0183. The summed E-state index contributed by atoms with van der Waals surface area (Å²) in [5.74, 6) is 0.587. The lowest BCUT2D eigenvalue weighted by atomic mass is 10.1. The number of carbonyl (C=O) groups excluding carboxylic acids is 1. The van der Waals surface area contributed by atoms with Crippen LogP contribution in [0.5, 0.6) is 11.5 Å². The van der Waals surface area contributed by atoms with Crippen molar-refractivity contribution in [1.29, 1.82) is 0 Å². The minimum Gasteiger partial charge on any atom is -0.496 e. The second-order valence-electron chi connectivity index (χ2n) is 7.82. The second kappa shape index (κ2) is 12.1. The highest BCUT2D eigenvalue weighted by Gasteiger charge is 2.28. The SMILES string of the molecule is CCOc1ccc(S(=O)(=O)N(CC(=O)N[C@@H](C)c2ccccc2OC)Cc2ccccc2)cc1Cl. The van der Waals surface area contributed by atoms with Crippen LogP contribution in [0.25, 0.3) is 0 Å². The third-order valence-electron chi connectivity index (χ3n) is 5.35. The van der Waals surface area contributed by atoms with Gasteiger partial charge in [0.15, 0.2) is 0 Å². The molecule has 3 aromatic carbocycles. The molecule has 0 spiro atoms. The van der Waals surface area contributed by atoms with Gasteiger partial charge in [0, 0.05) is 12.1 Å². The summed E-state index contributed by atoms with van der Waals surface area (Å²) in [7, 11) is -2.49. The van der Waals surface area contributed by atoms with Crippen LogP contribution in [-0.4, -0.2) is 38.9 Å². The Morgan fingerprint density at radius 2 is 1.71 bits per heavy atom. The third kappa shape index (κ3) is 6.75. The molecule has 0 aliphatic carbocycles. The lowest BCUT2D eigenvalue weighted by Gasteiger charge is -2.24. The molecular weight excluding hydrogens is 488 g/mol. The van der Waals surface area contributed by atoms with E-state index < -0.39 is 15.9 Å². The van der Waals surface area contributed by atoms with Crippen molar-refractivity contribution in [1.82, 2.24) is 9.62 Å². The van der Waals surface area contributed by atoms with Crippen molar-refractivity contribution in [3.8, 4) is 11.5 Å². The molecule has 1 atom stereocenters. The largest absolute Gasteiger partial charge is 0.496 e. The number of ether oxygens (including phenoxy) is 2. The normalized spacial score (nSPS) is 12.3. The monoisotopic (exact) mass is 516 g/mol. The summed E-state index contributed by atoms with van der Waals surface area (Å²) in [5.41, 5.74) is 1.54. The number of methoxy groups -OCH3 is 1. The first-order valence-corrected chi connectivity index (χ1v) is 13.0. The van der Waals surface area contributed by atoms with Crippen molar-refractivity contribution < 1.29 is 22.7 Å². The van der Waals surface area contributed by atoms with Crippen LogP contribution in [0.1, 0.15) is 31.0 Å². The van der Waals surface area contributed by atoms with Gasteiger partial charge in [0.1, 0.15) is 11.5 Å². The Morgan fingerprint density at radius 3 is 2.37 bits per heavy atom. The van der Waals surface area contributed by atoms with Gasteiger partial charge in [-0.1, -0.05) is 60.1 Å². The van der Waals surface area contributed by atoms with Crippen LogP contribution in [0.15, 0.2) is 77.7 Å². The Balaban J connectivity index is 1.86. The van der Waals surface area contributed by atoms with Crippen molar-refractivity contribution in [2.24, 2.45) is 0 Å². The smallest absolute Gasteiger partial charge is 0.243 e. The van der Waals surface area contributed by atoms with Crippen molar-refractivity contribution in [3.63, 3.8) is 0 Å². The van der Waals surface area contributed by atoms with Crippen LogP contribution in [-0.2, 0) is 21.4 Å². The van der Waals surface area contributed by atoms with Gasteiger partial charge in [-0.2, -0.15) is 4.31 Å². The quantitative estimate of drug-likeness (QED) is 0.395. The molecule has 1 N–H and O–H groups in total. The van der Waals surface area contributed by atoms with Crippen LogP contribution in [0.2, 0.25) is 5.02 Å². The number of sulfonamides is 1. The highest BCUT2D eigenvalue weighted by Crippen LogP contribution is 2.29. The summed E-state index contributed by atoms with van der Waals surface area (Å²) in [6.07, 6.45) is 0. The molecule has 9 heteroatoms. The summed E-state index contributed by atoms with van der Waals surface area (Å²) < 4.78 is 39.1. The summed E-state index contributed by atoms with van der Waals surface area (Å²) in [6, 6.07) is 20.3. The zero-order valence-corrected chi connectivity index (χ0v) is 21.5. The first kappa shape index (κ1) is 26.5. The fourth-order valence-electron chi connectivity index (χ4n) is 3.63. The van der Waals surface area contributed by atoms with Gasteiger partial charge in [-0.15, -0.1) is 0 Å². The van der Waals surface area contributed by atoms with Crippen LogP contribution in [0, 0.1) is 0 Å². The van der Waals surface area contributed by atoms with E-state index in [1.807, 2.05) is 62.4 Å². The summed E-state index contributed by atoms with van der Waals surface area (Å²) in [5, 5.41) is 3.06. The highest BCUT2D eigenvalue weighted by atomic mass is 35.5. The summed E-state index contributed by atoms with van der Waals surface area (Å²) in [6.45, 7) is 3.67. The van der Waals surface area contributed by atoms with Crippen molar-refractivity contribution >= 4 is 27.5 Å². The number of halogens is 1. The van der Waals surface area contributed by atoms with E-state index in [1.54, 1.807) is 13.2 Å². The first-order chi connectivity index (χ1) is 16.8. The average molecular weight is 517 g/mol. The average Bonchev–Trinajstić information content (AvgIpc) is 2.85. The van der Waals surface area contributed by atoms with Crippen LogP contribution in [0.3, 0.4) is 0 Å². The van der Waals surface area contributed by atoms with E-state index >= 15 is 0 Å². The summed E-state index contributed by atoms with van der Waals surface area (Å²) in [4.78, 5) is 13.0. The highest BCUT2D eigenvalue weighted by molar-refractivity contribution is 7.89. The van der Waals surface area contributed by atoms with Crippen molar-refractivity contribution in [2.45, 2.75) is 31.3 Å². The molecule has 35 heavy (non-hydrogen) atoms. The van der Waals surface area contributed by atoms with E-state index in [-0.39, 0.29) is 29.0 Å². The molecule has 3 aromatic rings. The predicted octanol–water partition coefficient (Wildman–Crippen LogP) is 4.82. The Morgan fingerprint density at radius 1 is 1.03 bits per heavy atom. The van der Waals surface area contributed by atoms with Gasteiger partial charge >= 0.3 is 0 Å². The Kier molecular flexibility index (Phi) is 9.14. The van der Waals surface area contributed by atoms with Crippen LogP contribution >= 0.6 is 11.6 Å². The van der Waals surface area contributed by atoms with Gasteiger partial charge in [0.2, 0.25) is 15.9 Å². The number of benzene rings is 3. The lowest BCUT2D eigenvalue weighted by molar-refractivity contribution is -0.122. The number of amides is 1. The molecule has 0 bridgehead atoms. The number of hydrogen-bond donors (Lipinski definition) is 1. The van der Waals surface area contributed by atoms with Gasteiger partial charge in [0.25, 0.3) is 0 Å². The topological polar surface area (TPSA) is 84.9 Å². The standard InChI is InChI=1S/C26H29ClN2O5S/c1-4-34-25-15-14-21(16-23(25)27)35(31,32)29(17-20-10-6-5-7-11-20)18-26(30)28-19(2)22-12-8-9-13-24(22)33-3/h5-16,19H,4,17-18H2,1-3H3,(H,28,30)/t19-/m0/s1. The molecule has 0 saturated carbocycles. The molecule has 1 amide bonds. The molecule has 0 heterocycles. The lowest BCUT2D eigenvalue weighted by Crippen LogP contribution is -2.41. The van der Waals surface area contributed by atoms with E-state index in [1.165, 1.54) is 18.2 Å². The number of rotatable bonds is 11. The Hall–Kier alpha value is -3.07. The maximum Gasteiger partial charge on any atom is 0.243 e. The number of hydrogen-bond acceptors (Lipinski definition) is 5. The number of nitrogens with zero attached hydrogens (tertiary/aromatic N) is 1. The molecule has 0 aliphatic heterocycles. The molecule has 3 rings (SSSR count). The van der Waals surface area contributed by atoms with Crippen LogP contribution < -0.4 is 14.8 Å². The molecule has 0 saturated heterocycles. The van der Waals surface area contributed by atoms with E-state index in [2.05, 4.69) is 5.32 Å². The molecule has 0 aliphatic rings. The number of para-hydroxylation sites is 1. The zero-order chi connectivity index (χ0) is 25.4.